The van der Waals surface area contributed by atoms with Gasteiger partial charge in [-0.2, -0.15) is 0 Å². The summed E-state index contributed by atoms with van der Waals surface area (Å²) in [6.45, 7) is 0. The Kier molecular flexibility index (Phi) is 4.78. The molecule has 0 bridgehead atoms. The minimum atomic E-state index is -0.265. The fraction of sp³-hybridized carbons (Fsp3) is 0.176. The van der Waals surface area contributed by atoms with Crippen molar-refractivity contribution in [3.05, 3.63) is 66.3 Å². The number of benzene rings is 1. The lowest BCUT2D eigenvalue weighted by molar-refractivity contribution is 0.0965. The van der Waals surface area contributed by atoms with E-state index in [9.17, 15) is 9.59 Å². The largest absolute Gasteiger partial charge is 0.459 e. The Labute approximate surface area is 129 Å². The Balaban J connectivity index is 2.21. The number of amides is 1. The predicted octanol–water partition coefficient (Wildman–Crippen LogP) is 2.81. The molecule has 0 aliphatic heterocycles. The standard InChI is InChI=1S/C17H18N2O3/c1-18(2)10-9-15(20)13-6-4-7-14(12-13)19(3)17(21)16-8-5-11-22-16/h4-12H,1-3H3. The molecule has 114 valence electrons. The van der Waals surface area contributed by atoms with Crippen LogP contribution in [0.4, 0.5) is 5.69 Å². The molecule has 0 aliphatic carbocycles. The van der Waals surface area contributed by atoms with Crippen LogP contribution in [-0.4, -0.2) is 37.7 Å². The van der Waals surface area contributed by atoms with Crippen LogP contribution in [0.2, 0.25) is 0 Å². The molecular weight excluding hydrogens is 280 g/mol. The highest BCUT2D eigenvalue weighted by atomic mass is 16.3. The van der Waals surface area contributed by atoms with Crippen LogP contribution in [0.1, 0.15) is 20.9 Å². The van der Waals surface area contributed by atoms with Crippen molar-refractivity contribution in [3.63, 3.8) is 0 Å². The van der Waals surface area contributed by atoms with Gasteiger partial charge in [-0.1, -0.05) is 12.1 Å². The molecule has 2 aromatic rings. The second-order valence-corrected chi connectivity index (χ2v) is 5.04. The highest BCUT2D eigenvalue weighted by Gasteiger charge is 2.16. The van der Waals surface area contributed by atoms with Crippen LogP contribution < -0.4 is 4.90 Å². The van der Waals surface area contributed by atoms with Crippen LogP contribution in [0.5, 0.6) is 0 Å². The van der Waals surface area contributed by atoms with Crippen molar-refractivity contribution in [2.24, 2.45) is 0 Å². The first-order chi connectivity index (χ1) is 10.5. The molecule has 5 heteroatoms. The number of carbonyl (C=O) groups is 2. The van der Waals surface area contributed by atoms with Gasteiger partial charge in [0.05, 0.1) is 6.26 Å². The van der Waals surface area contributed by atoms with Gasteiger partial charge < -0.3 is 14.2 Å². The summed E-state index contributed by atoms with van der Waals surface area (Å²) in [5.74, 6) is -0.125. The van der Waals surface area contributed by atoms with Gasteiger partial charge in [-0.05, 0) is 24.3 Å². The molecule has 1 heterocycles. The molecular formula is C17H18N2O3. The summed E-state index contributed by atoms with van der Waals surface area (Å²) in [5.41, 5.74) is 1.15. The first kappa shape index (κ1) is 15.6. The van der Waals surface area contributed by atoms with Crippen LogP contribution in [0.3, 0.4) is 0 Å². The van der Waals surface area contributed by atoms with Gasteiger partial charge in [-0.15, -0.1) is 0 Å². The van der Waals surface area contributed by atoms with E-state index in [0.29, 0.717) is 11.3 Å². The number of anilines is 1. The fourth-order valence-corrected chi connectivity index (χ4v) is 1.86. The summed E-state index contributed by atoms with van der Waals surface area (Å²) in [4.78, 5) is 27.6. The maximum atomic E-state index is 12.2. The second kappa shape index (κ2) is 6.76. The first-order valence-electron chi connectivity index (χ1n) is 6.79. The molecule has 0 saturated heterocycles. The molecule has 2 rings (SSSR count). The smallest absolute Gasteiger partial charge is 0.293 e. The zero-order valence-electron chi connectivity index (χ0n) is 12.8. The zero-order chi connectivity index (χ0) is 16.1. The van der Waals surface area contributed by atoms with Gasteiger partial charge in [-0.3, -0.25) is 9.59 Å². The van der Waals surface area contributed by atoms with Gasteiger partial charge in [0.15, 0.2) is 11.5 Å². The molecule has 0 aliphatic rings. The number of hydrogen-bond acceptors (Lipinski definition) is 4. The van der Waals surface area contributed by atoms with E-state index in [0.717, 1.165) is 0 Å². The summed E-state index contributed by atoms with van der Waals surface area (Å²) in [7, 11) is 5.33. The van der Waals surface area contributed by atoms with E-state index in [4.69, 9.17) is 4.42 Å². The van der Waals surface area contributed by atoms with Crippen LogP contribution in [0.25, 0.3) is 0 Å². The highest BCUT2D eigenvalue weighted by molar-refractivity contribution is 6.07. The van der Waals surface area contributed by atoms with E-state index in [2.05, 4.69) is 0 Å². The Morgan fingerprint density at radius 1 is 1.09 bits per heavy atom. The van der Waals surface area contributed by atoms with E-state index in [1.807, 2.05) is 14.1 Å². The van der Waals surface area contributed by atoms with Crippen molar-refractivity contribution in [1.82, 2.24) is 4.90 Å². The zero-order valence-corrected chi connectivity index (χ0v) is 12.8. The lowest BCUT2D eigenvalue weighted by Crippen LogP contribution is -2.25. The predicted molar refractivity (Wildman–Crippen MR) is 85.0 cm³/mol. The summed E-state index contributed by atoms with van der Waals surface area (Å²) in [5, 5.41) is 0. The maximum absolute atomic E-state index is 12.2. The van der Waals surface area contributed by atoms with Crippen molar-refractivity contribution in [3.8, 4) is 0 Å². The molecule has 1 aromatic heterocycles. The Morgan fingerprint density at radius 3 is 2.50 bits per heavy atom. The molecule has 0 saturated carbocycles. The molecule has 0 N–H and O–H groups in total. The second-order valence-electron chi connectivity index (χ2n) is 5.04. The number of ketones is 1. The molecule has 1 amide bonds. The Bertz CT molecular complexity index is 688. The van der Waals surface area contributed by atoms with Crippen LogP contribution >= 0.6 is 0 Å². The summed E-state index contributed by atoms with van der Waals surface area (Å²) < 4.78 is 5.11. The van der Waals surface area contributed by atoms with Gasteiger partial charge >= 0.3 is 0 Å². The van der Waals surface area contributed by atoms with E-state index in [1.54, 1.807) is 54.5 Å². The minimum Gasteiger partial charge on any atom is -0.459 e. The minimum absolute atomic E-state index is 0.116. The van der Waals surface area contributed by atoms with E-state index in [-0.39, 0.29) is 17.5 Å². The van der Waals surface area contributed by atoms with E-state index < -0.39 is 0 Å². The lowest BCUT2D eigenvalue weighted by atomic mass is 10.1. The Hall–Kier alpha value is -2.82. The summed E-state index contributed by atoms with van der Waals surface area (Å²) in [6, 6.07) is 10.2. The molecule has 22 heavy (non-hydrogen) atoms. The number of hydrogen-bond donors (Lipinski definition) is 0. The van der Waals surface area contributed by atoms with Gasteiger partial charge in [0.1, 0.15) is 0 Å². The number of carbonyl (C=O) groups excluding carboxylic acids is 2. The molecule has 0 spiro atoms. The highest BCUT2D eigenvalue weighted by Crippen LogP contribution is 2.18. The third-order valence-electron chi connectivity index (χ3n) is 3.08. The van der Waals surface area contributed by atoms with Crippen LogP contribution in [0, 0.1) is 0 Å². The van der Waals surface area contributed by atoms with Crippen LogP contribution in [-0.2, 0) is 0 Å². The van der Waals surface area contributed by atoms with E-state index >= 15 is 0 Å². The van der Waals surface area contributed by atoms with Gasteiger partial charge in [0, 0.05) is 44.7 Å². The Morgan fingerprint density at radius 2 is 1.86 bits per heavy atom. The normalized spacial score (nSPS) is 10.7. The van der Waals surface area contributed by atoms with Crippen molar-refractivity contribution in [2.45, 2.75) is 0 Å². The van der Waals surface area contributed by atoms with Crippen molar-refractivity contribution >= 4 is 17.4 Å². The third kappa shape index (κ3) is 3.63. The van der Waals surface area contributed by atoms with Gasteiger partial charge in [-0.25, -0.2) is 0 Å². The molecule has 0 unspecified atom stereocenters. The van der Waals surface area contributed by atoms with Crippen molar-refractivity contribution in [2.75, 3.05) is 26.0 Å². The monoisotopic (exact) mass is 298 g/mol. The van der Waals surface area contributed by atoms with Crippen molar-refractivity contribution in [1.29, 1.82) is 0 Å². The first-order valence-corrected chi connectivity index (χ1v) is 6.79. The number of nitrogens with zero attached hydrogens (tertiary/aromatic N) is 2. The average Bonchev–Trinajstić information content (AvgIpc) is 3.05. The molecule has 5 nitrogen and oxygen atoms in total. The van der Waals surface area contributed by atoms with Gasteiger partial charge in [0.25, 0.3) is 5.91 Å². The molecule has 1 aromatic carbocycles. The summed E-state index contributed by atoms with van der Waals surface area (Å²) >= 11 is 0. The maximum Gasteiger partial charge on any atom is 0.293 e. The fourth-order valence-electron chi connectivity index (χ4n) is 1.86. The molecule has 0 fully saturated rings. The number of allylic oxidation sites excluding steroid dienone is 1. The topological polar surface area (TPSA) is 53.8 Å². The van der Waals surface area contributed by atoms with E-state index in [1.165, 1.54) is 17.2 Å². The number of rotatable bonds is 5. The summed E-state index contributed by atoms with van der Waals surface area (Å²) in [6.07, 6.45) is 4.63. The van der Waals surface area contributed by atoms with Crippen molar-refractivity contribution < 1.29 is 14.0 Å². The lowest BCUT2D eigenvalue weighted by Gasteiger charge is -2.16. The van der Waals surface area contributed by atoms with Gasteiger partial charge in [0.2, 0.25) is 0 Å². The quantitative estimate of drug-likeness (QED) is 0.629. The molecule has 0 atom stereocenters. The van der Waals surface area contributed by atoms with Crippen LogP contribution in [0.15, 0.2) is 59.4 Å². The SMILES string of the molecule is CN(C)C=CC(=O)c1cccc(N(C)C(=O)c2ccco2)c1. The third-order valence-corrected chi connectivity index (χ3v) is 3.08. The average molecular weight is 298 g/mol. The number of furan rings is 1. The molecule has 0 radical (unpaired) electrons.